The van der Waals surface area contributed by atoms with E-state index in [4.69, 9.17) is 4.74 Å². The normalized spacial score (nSPS) is 17.1. The lowest BCUT2D eigenvalue weighted by molar-refractivity contribution is 0.0572. The molecule has 0 atom stereocenters. The predicted octanol–water partition coefficient (Wildman–Crippen LogP) is 1.87. The van der Waals surface area contributed by atoms with E-state index in [-0.39, 0.29) is 11.8 Å². The van der Waals surface area contributed by atoms with Gasteiger partial charge in [0.1, 0.15) is 0 Å². The molecule has 1 aromatic rings. The zero-order valence-electron chi connectivity index (χ0n) is 14.4. The third kappa shape index (κ3) is 5.57. The molecular formula is C17H28N2O3S. The molecule has 0 spiro atoms. The van der Waals surface area contributed by atoms with E-state index < -0.39 is 10.0 Å². The number of benzene rings is 1. The van der Waals surface area contributed by atoms with Crippen LogP contribution in [-0.4, -0.2) is 64.1 Å². The van der Waals surface area contributed by atoms with Gasteiger partial charge in [-0.05, 0) is 39.4 Å². The van der Waals surface area contributed by atoms with E-state index >= 15 is 0 Å². The fraction of sp³-hybridized carbons (Fsp3) is 0.647. The summed E-state index contributed by atoms with van der Waals surface area (Å²) in [5.41, 5.74) is 1.94. The van der Waals surface area contributed by atoms with Crippen molar-refractivity contribution in [2.24, 2.45) is 0 Å². The maximum absolute atomic E-state index is 13.0. The van der Waals surface area contributed by atoms with Crippen LogP contribution >= 0.6 is 0 Å². The highest BCUT2D eigenvalue weighted by Crippen LogP contribution is 2.21. The second kappa shape index (κ2) is 8.24. The smallest absolute Gasteiger partial charge is 0.218 e. The van der Waals surface area contributed by atoms with Gasteiger partial charge >= 0.3 is 0 Å². The molecule has 0 aromatic heterocycles. The van der Waals surface area contributed by atoms with E-state index in [9.17, 15) is 8.42 Å². The second-order valence-corrected chi connectivity index (χ2v) is 8.42. The van der Waals surface area contributed by atoms with Crippen molar-refractivity contribution in [3.63, 3.8) is 0 Å². The van der Waals surface area contributed by atoms with Crippen LogP contribution in [0, 0.1) is 6.92 Å². The summed E-state index contributed by atoms with van der Waals surface area (Å²) < 4.78 is 33.1. The minimum atomic E-state index is -3.34. The Labute approximate surface area is 140 Å². The number of hydrogen-bond donors (Lipinski definition) is 0. The molecule has 2 rings (SSSR count). The van der Waals surface area contributed by atoms with Gasteiger partial charge in [0.25, 0.3) is 0 Å². The van der Waals surface area contributed by atoms with E-state index in [1.807, 2.05) is 50.2 Å². The third-order valence-corrected chi connectivity index (χ3v) is 6.05. The van der Waals surface area contributed by atoms with Gasteiger partial charge in [0, 0.05) is 32.3 Å². The van der Waals surface area contributed by atoms with Gasteiger partial charge < -0.3 is 9.64 Å². The van der Waals surface area contributed by atoms with Crippen LogP contribution in [0.3, 0.4) is 0 Å². The average Bonchev–Trinajstić information content (AvgIpc) is 2.47. The van der Waals surface area contributed by atoms with Crippen LogP contribution in [0.2, 0.25) is 0 Å². The second-order valence-electron chi connectivity index (χ2n) is 6.50. The molecule has 130 valence electrons. The lowest BCUT2D eigenvalue weighted by Crippen LogP contribution is -2.46. The zero-order chi connectivity index (χ0) is 16.9. The molecule has 0 saturated carbocycles. The van der Waals surface area contributed by atoms with Gasteiger partial charge in [0.2, 0.25) is 10.0 Å². The molecule has 0 radical (unpaired) electrons. The standard InChI is InChI=1S/C17H28N2O3S/c1-15-5-4-6-16(13-15)14-23(20,21)19(10-9-18(2)3)17-7-11-22-12-8-17/h4-6,13,17H,7-12,14H2,1-3H3. The quantitative estimate of drug-likeness (QED) is 0.760. The Balaban J connectivity index is 2.17. The Bertz CT molecular complexity index is 596. The largest absolute Gasteiger partial charge is 0.381 e. The third-order valence-electron chi connectivity index (χ3n) is 4.15. The molecule has 1 aromatic carbocycles. The predicted molar refractivity (Wildman–Crippen MR) is 92.9 cm³/mol. The summed E-state index contributed by atoms with van der Waals surface area (Å²) in [5.74, 6) is 0.0689. The first kappa shape index (κ1) is 18.4. The summed E-state index contributed by atoms with van der Waals surface area (Å²) in [6.45, 7) is 4.53. The fourth-order valence-corrected chi connectivity index (χ4v) is 4.71. The maximum atomic E-state index is 13.0. The molecular weight excluding hydrogens is 312 g/mol. The van der Waals surface area contributed by atoms with Crippen LogP contribution in [0.5, 0.6) is 0 Å². The number of sulfonamides is 1. The van der Waals surface area contributed by atoms with Crippen molar-refractivity contribution in [3.8, 4) is 0 Å². The van der Waals surface area contributed by atoms with Crippen molar-refractivity contribution in [3.05, 3.63) is 35.4 Å². The molecule has 0 amide bonds. The van der Waals surface area contributed by atoms with Crippen LogP contribution in [0.25, 0.3) is 0 Å². The first-order valence-electron chi connectivity index (χ1n) is 8.16. The van der Waals surface area contributed by atoms with Crippen LogP contribution in [-0.2, 0) is 20.5 Å². The molecule has 6 heteroatoms. The maximum Gasteiger partial charge on any atom is 0.218 e. The van der Waals surface area contributed by atoms with E-state index in [1.54, 1.807) is 4.31 Å². The SMILES string of the molecule is Cc1cccc(CS(=O)(=O)N(CCN(C)C)C2CCOCC2)c1. The van der Waals surface area contributed by atoms with Crippen molar-refractivity contribution in [1.29, 1.82) is 0 Å². The van der Waals surface area contributed by atoms with E-state index in [0.717, 1.165) is 30.5 Å². The van der Waals surface area contributed by atoms with Crippen LogP contribution in [0.4, 0.5) is 0 Å². The lowest BCUT2D eigenvalue weighted by Gasteiger charge is -2.34. The first-order chi connectivity index (χ1) is 10.9. The molecule has 1 saturated heterocycles. The molecule has 23 heavy (non-hydrogen) atoms. The van der Waals surface area contributed by atoms with Crippen molar-refractivity contribution in [1.82, 2.24) is 9.21 Å². The highest BCUT2D eigenvalue weighted by Gasteiger charge is 2.31. The van der Waals surface area contributed by atoms with Gasteiger partial charge in [-0.1, -0.05) is 29.8 Å². The van der Waals surface area contributed by atoms with Gasteiger partial charge in [0.05, 0.1) is 5.75 Å². The molecule has 5 nitrogen and oxygen atoms in total. The fourth-order valence-electron chi connectivity index (χ4n) is 2.92. The highest BCUT2D eigenvalue weighted by atomic mass is 32.2. The first-order valence-corrected chi connectivity index (χ1v) is 9.77. The Morgan fingerprint density at radius 1 is 1.17 bits per heavy atom. The molecule has 0 aliphatic carbocycles. The Morgan fingerprint density at radius 3 is 2.48 bits per heavy atom. The molecule has 1 fully saturated rings. The van der Waals surface area contributed by atoms with E-state index in [2.05, 4.69) is 0 Å². The Hall–Kier alpha value is -0.950. The number of ether oxygens (including phenoxy) is 1. The number of nitrogens with zero attached hydrogens (tertiary/aromatic N) is 2. The van der Waals surface area contributed by atoms with Crippen LogP contribution in [0.1, 0.15) is 24.0 Å². The summed E-state index contributed by atoms with van der Waals surface area (Å²) in [5, 5.41) is 0. The van der Waals surface area contributed by atoms with Gasteiger partial charge in [-0.15, -0.1) is 0 Å². The lowest BCUT2D eigenvalue weighted by atomic mass is 10.1. The summed E-state index contributed by atoms with van der Waals surface area (Å²) in [4.78, 5) is 2.02. The summed E-state index contributed by atoms with van der Waals surface area (Å²) in [7, 11) is 0.599. The van der Waals surface area contributed by atoms with E-state index in [1.165, 1.54) is 0 Å². The average molecular weight is 340 g/mol. The Kier molecular flexibility index (Phi) is 6.59. The minimum Gasteiger partial charge on any atom is -0.381 e. The Morgan fingerprint density at radius 2 is 1.87 bits per heavy atom. The molecule has 1 aliphatic rings. The van der Waals surface area contributed by atoms with Gasteiger partial charge in [-0.25, -0.2) is 8.42 Å². The van der Waals surface area contributed by atoms with Crippen molar-refractivity contribution in [2.45, 2.75) is 31.6 Å². The van der Waals surface area contributed by atoms with Crippen molar-refractivity contribution in [2.75, 3.05) is 40.4 Å². The van der Waals surface area contributed by atoms with Crippen molar-refractivity contribution >= 4 is 10.0 Å². The minimum absolute atomic E-state index is 0.0542. The number of likely N-dealkylation sites (N-methyl/N-ethyl adjacent to an activating group) is 1. The van der Waals surface area contributed by atoms with E-state index in [0.29, 0.717) is 19.8 Å². The highest BCUT2D eigenvalue weighted by molar-refractivity contribution is 7.88. The van der Waals surface area contributed by atoms with Gasteiger partial charge in [-0.2, -0.15) is 4.31 Å². The van der Waals surface area contributed by atoms with Crippen molar-refractivity contribution < 1.29 is 13.2 Å². The summed E-state index contributed by atoms with van der Waals surface area (Å²) in [6, 6.07) is 7.79. The van der Waals surface area contributed by atoms with Gasteiger partial charge in [-0.3, -0.25) is 0 Å². The van der Waals surface area contributed by atoms with Gasteiger partial charge in [0.15, 0.2) is 0 Å². The molecule has 1 heterocycles. The monoisotopic (exact) mass is 340 g/mol. The molecule has 1 aliphatic heterocycles. The topological polar surface area (TPSA) is 49.9 Å². The van der Waals surface area contributed by atoms with Crippen LogP contribution < -0.4 is 0 Å². The number of hydrogen-bond acceptors (Lipinski definition) is 4. The summed E-state index contributed by atoms with van der Waals surface area (Å²) in [6.07, 6.45) is 1.56. The van der Waals surface area contributed by atoms with Crippen LogP contribution in [0.15, 0.2) is 24.3 Å². The molecule has 0 unspecified atom stereocenters. The molecule has 0 N–H and O–H groups in total. The number of aryl methyl sites for hydroxylation is 1. The zero-order valence-corrected chi connectivity index (χ0v) is 15.2. The molecule has 0 bridgehead atoms. The number of rotatable bonds is 7. The summed E-state index contributed by atoms with van der Waals surface area (Å²) >= 11 is 0.